The van der Waals surface area contributed by atoms with Crippen molar-refractivity contribution >= 4 is 11.9 Å². The van der Waals surface area contributed by atoms with Gasteiger partial charge in [0.2, 0.25) is 0 Å². The van der Waals surface area contributed by atoms with Crippen LogP contribution in [0, 0.1) is 11.7 Å². The van der Waals surface area contributed by atoms with E-state index in [0.29, 0.717) is 17.7 Å². The number of hydrogen-bond acceptors (Lipinski definition) is 3. The minimum atomic E-state index is -1.09. The average Bonchev–Trinajstić information content (AvgIpc) is 2.96. The summed E-state index contributed by atoms with van der Waals surface area (Å²) in [5.41, 5.74) is 0.627. The summed E-state index contributed by atoms with van der Waals surface area (Å²) in [4.78, 5) is 23.3. The Morgan fingerprint density at radius 2 is 1.83 bits per heavy atom. The minimum Gasteiger partial charge on any atom is -0.480 e. The fourth-order valence-electron chi connectivity index (χ4n) is 2.15. The molecule has 0 saturated carbocycles. The van der Waals surface area contributed by atoms with Gasteiger partial charge in [-0.1, -0.05) is 13.8 Å². The Morgan fingerprint density at radius 3 is 2.39 bits per heavy atom. The maximum atomic E-state index is 12.9. The van der Waals surface area contributed by atoms with E-state index in [1.807, 2.05) is 13.8 Å². The zero-order chi connectivity index (χ0) is 17.0. The molecule has 122 valence electrons. The van der Waals surface area contributed by atoms with Crippen LogP contribution in [0.25, 0.3) is 11.3 Å². The fraction of sp³-hybridized carbons (Fsp3) is 0.294. The van der Waals surface area contributed by atoms with Crippen molar-refractivity contribution in [2.45, 2.75) is 26.3 Å². The number of nitrogens with one attached hydrogen (secondary N) is 1. The Balaban J connectivity index is 2.11. The van der Waals surface area contributed by atoms with Crippen LogP contribution in [0.2, 0.25) is 0 Å². The third kappa shape index (κ3) is 4.42. The van der Waals surface area contributed by atoms with E-state index < -0.39 is 17.9 Å². The molecule has 0 bridgehead atoms. The highest BCUT2D eigenvalue weighted by Gasteiger charge is 2.23. The van der Waals surface area contributed by atoms with Gasteiger partial charge in [0, 0.05) is 5.56 Å². The molecule has 1 aromatic carbocycles. The van der Waals surface area contributed by atoms with Gasteiger partial charge in [0.1, 0.15) is 17.6 Å². The molecule has 6 heteroatoms. The van der Waals surface area contributed by atoms with E-state index in [4.69, 9.17) is 9.52 Å². The summed E-state index contributed by atoms with van der Waals surface area (Å²) in [5.74, 6) is -1.49. The van der Waals surface area contributed by atoms with E-state index >= 15 is 0 Å². The number of carboxylic acid groups (broad SMARTS) is 1. The Morgan fingerprint density at radius 1 is 1.17 bits per heavy atom. The first-order valence-corrected chi connectivity index (χ1v) is 7.26. The van der Waals surface area contributed by atoms with Crippen molar-refractivity contribution in [1.82, 2.24) is 5.32 Å². The number of carbonyl (C=O) groups excluding carboxylic acids is 1. The number of benzene rings is 1. The zero-order valence-corrected chi connectivity index (χ0v) is 12.9. The van der Waals surface area contributed by atoms with E-state index in [1.54, 1.807) is 6.07 Å². The standard InChI is InChI=1S/C17H18FNO4/c1-10(2)9-13(17(21)22)19-16(20)15-8-7-14(23-15)11-3-5-12(18)6-4-11/h3-8,10,13H,9H2,1-2H3,(H,19,20)(H,21,22). The molecule has 2 rings (SSSR count). The molecule has 2 N–H and O–H groups in total. The molecule has 0 saturated heterocycles. The van der Waals surface area contributed by atoms with Gasteiger partial charge in [-0.25, -0.2) is 9.18 Å². The van der Waals surface area contributed by atoms with Crippen molar-refractivity contribution in [1.29, 1.82) is 0 Å². The second kappa shape index (κ2) is 7.09. The van der Waals surface area contributed by atoms with Crippen LogP contribution in [0.3, 0.4) is 0 Å². The highest BCUT2D eigenvalue weighted by Crippen LogP contribution is 2.22. The molecule has 1 aromatic heterocycles. The number of furan rings is 1. The lowest BCUT2D eigenvalue weighted by Gasteiger charge is -2.15. The number of aliphatic carboxylic acids is 1. The number of carboxylic acids is 1. The lowest BCUT2D eigenvalue weighted by atomic mass is 10.0. The lowest BCUT2D eigenvalue weighted by Crippen LogP contribution is -2.41. The molecule has 0 fully saturated rings. The van der Waals surface area contributed by atoms with Gasteiger partial charge < -0.3 is 14.8 Å². The Labute approximate surface area is 133 Å². The van der Waals surface area contributed by atoms with Crippen LogP contribution >= 0.6 is 0 Å². The summed E-state index contributed by atoms with van der Waals surface area (Å²) in [5, 5.41) is 11.6. The number of halogens is 1. The smallest absolute Gasteiger partial charge is 0.326 e. The van der Waals surface area contributed by atoms with Crippen molar-refractivity contribution in [3.8, 4) is 11.3 Å². The second-order valence-corrected chi connectivity index (χ2v) is 5.66. The molecule has 5 nitrogen and oxygen atoms in total. The topological polar surface area (TPSA) is 79.5 Å². The van der Waals surface area contributed by atoms with Crippen LogP contribution in [0.1, 0.15) is 30.8 Å². The Kier molecular flexibility index (Phi) is 5.16. The third-order valence-corrected chi connectivity index (χ3v) is 3.27. The largest absolute Gasteiger partial charge is 0.480 e. The molecule has 0 aliphatic carbocycles. The molecule has 0 aliphatic rings. The maximum Gasteiger partial charge on any atom is 0.326 e. The molecule has 0 aliphatic heterocycles. The number of hydrogen-bond donors (Lipinski definition) is 2. The molecule has 2 aromatic rings. The third-order valence-electron chi connectivity index (χ3n) is 3.27. The second-order valence-electron chi connectivity index (χ2n) is 5.66. The molecule has 1 heterocycles. The van der Waals surface area contributed by atoms with E-state index in [1.165, 1.54) is 30.3 Å². The van der Waals surface area contributed by atoms with Gasteiger partial charge in [-0.2, -0.15) is 0 Å². The van der Waals surface area contributed by atoms with Crippen LogP contribution in [0.5, 0.6) is 0 Å². The predicted molar refractivity (Wildman–Crippen MR) is 82.4 cm³/mol. The minimum absolute atomic E-state index is 0.0133. The SMILES string of the molecule is CC(C)CC(NC(=O)c1ccc(-c2ccc(F)cc2)o1)C(=O)O. The first kappa shape index (κ1) is 16.7. The van der Waals surface area contributed by atoms with Gasteiger partial charge >= 0.3 is 5.97 Å². The summed E-state index contributed by atoms with van der Waals surface area (Å²) in [7, 11) is 0. The molecular formula is C17H18FNO4. The Bertz CT molecular complexity index is 691. The average molecular weight is 319 g/mol. The zero-order valence-electron chi connectivity index (χ0n) is 12.9. The monoisotopic (exact) mass is 319 g/mol. The van der Waals surface area contributed by atoms with Crippen LogP contribution < -0.4 is 5.32 Å². The van der Waals surface area contributed by atoms with Gasteiger partial charge in [-0.3, -0.25) is 4.79 Å². The predicted octanol–water partition coefficient (Wildman–Crippen LogP) is 3.31. The quantitative estimate of drug-likeness (QED) is 0.856. The molecular weight excluding hydrogens is 301 g/mol. The highest BCUT2D eigenvalue weighted by molar-refractivity contribution is 5.94. The van der Waals surface area contributed by atoms with Crippen LogP contribution in [0.4, 0.5) is 4.39 Å². The van der Waals surface area contributed by atoms with Crippen molar-refractivity contribution in [3.05, 3.63) is 48.0 Å². The molecule has 1 unspecified atom stereocenters. The first-order chi connectivity index (χ1) is 10.9. The van der Waals surface area contributed by atoms with Gasteiger partial charge in [-0.05, 0) is 48.7 Å². The molecule has 0 spiro atoms. The summed E-state index contributed by atoms with van der Waals surface area (Å²) >= 11 is 0. The van der Waals surface area contributed by atoms with Gasteiger partial charge in [0.05, 0.1) is 0 Å². The van der Waals surface area contributed by atoms with E-state index in [9.17, 15) is 14.0 Å². The summed E-state index contributed by atoms with van der Waals surface area (Å²) in [6.07, 6.45) is 0.326. The maximum absolute atomic E-state index is 12.9. The van der Waals surface area contributed by atoms with Crippen LogP contribution in [0.15, 0.2) is 40.8 Å². The number of carbonyl (C=O) groups is 2. The molecule has 23 heavy (non-hydrogen) atoms. The van der Waals surface area contributed by atoms with Gasteiger partial charge in [-0.15, -0.1) is 0 Å². The summed E-state index contributed by atoms with van der Waals surface area (Å²) < 4.78 is 18.3. The van der Waals surface area contributed by atoms with Crippen molar-refractivity contribution in [3.63, 3.8) is 0 Å². The van der Waals surface area contributed by atoms with Crippen LogP contribution in [-0.2, 0) is 4.79 Å². The molecule has 1 atom stereocenters. The first-order valence-electron chi connectivity index (χ1n) is 7.26. The van der Waals surface area contributed by atoms with Gasteiger partial charge in [0.15, 0.2) is 5.76 Å². The highest BCUT2D eigenvalue weighted by atomic mass is 19.1. The lowest BCUT2D eigenvalue weighted by molar-refractivity contribution is -0.139. The fourth-order valence-corrected chi connectivity index (χ4v) is 2.15. The Hall–Kier alpha value is -2.63. The van der Waals surface area contributed by atoms with Crippen LogP contribution in [-0.4, -0.2) is 23.0 Å². The van der Waals surface area contributed by atoms with Crippen molar-refractivity contribution in [2.75, 3.05) is 0 Å². The molecule has 1 amide bonds. The van der Waals surface area contributed by atoms with Crippen molar-refractivity contribution < 1.29 is 23.5 Å². The summed E-state index contributed by atoms with van der Waals surface area (Å²) in [6, 6.07) is 7.73. The number of amides is 1. The number of rotatable bonds is 6. The van der Waals surface area contributed by atoms with E-state index in [2.05, 4.69) is 5.32 Å². The summed E-state index contributed by atoms with van der Waals surface area (Å²) in [6.45, 7) is 3.75. The van der Waals surface area contributed by atoms with Gasteiger partial charge in [0.25, 0.3) is 5.91 Å². The normalized spacial score (nSPS) is 12.2. The van der Waals surface area contributed by atoms with E-state index in [0.717, 1.165) is 0 Å². The van der Waals surface area contributed by atoms with Crippen molar-refractivity contribution in [2.24, 2.45) is 5.92 Å². The van der Waals surface area contributed by atoms with E-state index in [-0.39, 0.29) is 17.5 Å². The molecule has 0 radical (unpaired) electrons.